The predicted octanol–water partition coefficient (Wildman–Crippen LogP) is 3.26. The van der Waals surface area contributed by atoms with E-state index < -0.39 is 0 Å². The van der Waals surface area contributed by atoms with Crippen molar-refractivity contribution in [2.75, 3.05) is 25.0 Å². The minimum atomic E-state index is 0.586. The summed E-state index contributed by atoms with van der Waals surface area (Å²) in [6.45, 7) is 4.02. The summed E-state index contributed by atoms with van der Waals surface area (Å²) in [5, 5.41) is 2.62. The summed E-state index contributed by atoms with van der Waals surface area (Å²) in [5.41, 5.74) is 6.97. The molecule has 0 aromatic heterocycles. The molecule has 0 aliphatic rings. The number of hydrogen-bond acceptors (Lipinski definition) is 2. The van der Waals surface area contributed by atoms with Crippen molar-refractivity contribution in [3.05, 3.63) is 42.5 Å². The van der Waals surface area contributed by atoms with Gasteiger partial charge in [0, 0.05) is 24.7 Å². The quantitative estimate of drug-likeness (QED) is 0.872. The smallest absolute Gasteiger partial charge is 0.0443 e. The van der Waals surface area contributed by atoms with Gasteiger partial charge in [-0.05, 0) is 30.3 Å². The average Bonchev–Trinajstić information content (AvgIpc) is 2.43. The molecule has 0 saturated carbocycles. The molecule has 0 amide bonds. The lowest BCUT2D eigenvalue weighted by Gasteiger charge is -2.22. The molecule has 0 saturated heterocycles. The van der Waals surface area contributed by atoms with Gasteiger partial charge in [0.15, 0.2) is 0 Å². The zero-order valence-corrected chi connectivity index (χ0v) is 11.3. The van der Waals surface area contributed by atoms with Crippen LogP contribution in [0.3, 0.4) is 0 Å². The second-order valence-electron chi connectivity index (χ2n) is 5.05. The van der Waals surface area contributed by atoms with E-state index in [4.69, 9.17) is 5.73 Å². The fourth-order valence-corrected chi connectivity index (χ4v) is 2.19. The molecule has 96 valence electrons. The molecular formula is C16H22N2. The first-order valence-electron chi connectivity index (χ1n) is 6.61. The van der Waals surface area contributed by atoms with Crippen LogP contribution in [0.1, 0.15) is 13.3 Å². The first-order valence-corrected chi connectivity index (χ1v) is 6.61. The maximum atomic E-state index is 5.67. The molecule has 2 aromatic carbocycles. The standard InChI is InChI=1S/C16H22N2/c1-13(12-17)10-11-18(2)16-9-5-7-14-6-3-4-8-15(14)16/h3-9,13H,10-12,17H2,1-2H3. The molecule has 2 nitrogen and oxygen atoms in total. The summed E-state index contributed by atoms with van der Waals surface area (Å²) in [4.78, 5) is 2.33. The zero-order chi connectivity index (χ0) is 13.0. The maximum absolute atomic E-state index is 5.67. The summed E-state index contributed by atoms with van der Waals surface area (Å²) in [7, 11) is 2.16. The normalized spacial score (nSPS) is 12.6. The molecule has 1 atom stereocenters. The van der Waals surface area contributed by atoms with Crippen LogP contribution in [0.4, 0.5) is 5.69 Å². The Balaban J connectivity index is 2.19. The van der Waals surface area contributed by atoms with Gasteiger partial charge in [-0.2, -0.15) is 0 Å². The van der Waals surface area contributed by atoms with Crippen molar-refractivity contribution in [1.29, 1.82) is 0 Å². The third kappa shape index (κ3) is 2.82. The number of anilines is 1. The summed E-state index contributed by atoms with van der Waals surface area (Å²) in [6, 6.07) is 15.0. The van der Waals surface area contributed by atoms with Gasteiger partial charge in [0.25, 0.3) is 0 Å². The molecular weight excluding hydrogens is 220 g/mol. The van der Waals surface area contributed by atoms with Crippen LogP contribution in [0, 0.1) is 5.92 Å². The lowest BCUT2D eigenvalue weighted by atomic mass is 10.1. The third-order valence-corrected chi connectivity index (χ3v) is 3.54. The van der Waals surface area contributed by atoms with E-state index in [-0.39, 0.29) is 0 Å². The molecule has 2 aromatic rings. The van der Waals surface area contributed by atoms with Crippen molar-refractivity contribution in [1.82, 2.24) is 0 Å². The van der Waals surface area contributed by atoms with Crippen molar-refractivity contribution in [3.63, 3.8) is 0 Å². The summed E-state index contributed by atoms with van der Waals surface area (Å²) in [5.74, 6) is 0.586. The number of nitrogens with zero attached hydrogens (tertiary/aromatic N) is 1. The van der Waals surface area contributed by atoms with Gasteiger partial charge in [0.1, 0.15) is 0 Å². The molecule has 0 heterocycles. The van der Waals surface area contributed by atoms with Gasteiger partial charge < -0.3 is 10.6 Å². The third-order valence-electron chi connectivity index (χ3n) is 3.54. The van der Waals surface area contributed by atoms with E-state index in [2.05, 4.69) is 61.3 Å². The van der Waals surface area contributed by atoms with Crippen LogP contribution in [0.15, 0.2) is 42.5 Å². The molecule has 18 heavy (non-hydrogen) atoms. The van der Waals surface area contributed by atoms with Gasteiger partial charge in [-0.1, -0.05) is 43.3 Å². The highest BCUT2D eigenvalue weighted by atomic mass is 15.1. The molecule has 0 bridgehead atoms. The first-order chi connectivity index (χ1) is 8.72. The van der Waals surface area contributed by atoms with Crippen LogP contribution < -0.4 is 10.6 Å². The Hall–Kier alpha value is -1.54. The van der Waals surface area contributed by atoms with Crippen LogP contribution in [-0.2, 0) is 0 Å². The van der Waals surface area contributed by atoms with E-state index >= 15 is 0 Å². The van der Waals surface area contributed by atoms with E-state index in [1.807, 2.05) is 0 Å². The fraction of sp³-hybridized carbons (Fsp3) is 0.375. The van der Waals surface area contributed by atoms with E-state index in [1.54, 1.807) is 0 Å². The van der Waals surface area contributed by atoms with Gasteiger partial charge in [-0.3, -0.25) is 0 Å². The zero-order valence-electron chi connectivity index (χ0n) is 11.3. The highest BCUT2D eigenvalue weighted by molar-refractivity contribution is 5.94. The number of fused-ring (bicyclic) bond motifs is 1. The van der Waals surface area contributed by atoms with Crippen molar-refractivity contribution < 1.29 is 0 Å². The molecule has 2 N–H and O–H groups in total. The minimum absolute atomic E-state index is 0.586. The largest absolute Gasteiger partial charge is 0.374 e. The van der Waals surface area contributed by atoms with Crippen LogP contribution >= 0.6 is 0 Å². The topological polar surface area (TPSA) is 29.3 Å². The Kier molecular flexibility index (Phi) is 4.21. The summed E-state index contributed by atoms with van der Waals surface area (Å²) >= 11 is 0. The lowest BCUT2D eigenvalue weighted by molar-refractivity contribution is 0.545. The predicted molar refractivity (Wildman–Crippen MR) is 80.1 cm³/mol. The van der Waals surface area contributed by atoms with Gasteiger partial charge >= 0.3 is 0 Å². The fourth-order valence-electron chi connectivity index (χ4n) is 2.19. The van der Waals surface area contributed by atoms with Crippen molar-refractivity contribution in [3.8, 4) is 0 Å². The number of benzene rings is 2. The SMILES string of the molecule is CC(CN)CCN(C)c1cccc2ccccc12. The Bertz CT molecular complexity index is 502. The van der Waals surface area contributed by atoms with Crippen LogP contribution in [0.2, 0.25) is 0 Å². The van der Waals surface area contributed by atoms with Crippen LogP contribution in [0.5, 0.6) is 0 Å². The Morgan fingerprint density at radius 1 is 1.11 bits per heavy atom. The van der Waals surface area contributed by atoms with Gasteiger partial charge in [0.05, 0.1) is 0 Å². The van der Waals surface area contributed by atoms with Crippen molar-refractivity contribution >= 4 is 16.5 Å². The van der Waals surface area contributed by atoms with E-state index in [1.165, 1.54) is 16.5 Å². The second kappa shape index (κ2) is 5.87. The maximum Gasteiger partial charge on any atom is 0.0443 e. The van der Waals surface area contributed by atoms with Crippen molar-refractivity contribution in [2.24, 2.45) is 11.7 Å². The molecule has 0 radical (unpaired) electrons. The number of nitrogens with two attached hydrogens (primary N) is 1. The van der Waals surface area contributed by atoms with Gasteiger partial charge in [-0.25, -0.2) is 0 Å². The molecule has 0 spiro atoms. The molecule has 1 unspecified atom stereocenters. The summed E-state index contributed by atoms with van der Waals surface area (Å²) < 4.78 is 0. The number of hydrogen-bond donors (Lipinski definition) is 1. The first kappa shape index (κ1) is 12.9. The highest BCUT2D eigenvalue weighted by Crippen LogP contribution is 2.26. The monoisotopic (exact) mass is 242 g/mol. The van der Waals surface area contributed by atoms with Gasteiger partial charge in [0.2, 0.25) is 0 Å². The molecule has 2 rings (SSSR count). The Morgan fingerprint density at radius 3 is 2.61 bits per heavy atom. The van der Waals surface area contributed by atoms with Crippen LogP contribution in [0.25, 0.3) is 10.8 Å². The number of rotatable bonds is 5. The Morgan fingerprint density at radius 2 is 1.83 bits per heavy atom. The molecule has 0 aliphatic heterocycles. The van der Waals surface area contributed by atoms with E-state index in [0.29, 0.717) is 5.92 Å². The summed E-state index contributed by atoms with van der Waals surface area (Å²) in [6.07, 6.45) is 1.14. The van der Waals surface area contributed by atoms with Crippen molar-refractivity contribution in [2.45, 2.75) is 13.3 Å². The second-order valence-corrected chi connectivity index (χ2v) is 5.05. The molecule has 0 aliphatic carbocycles. The Labute approximate surface area is 109 Å². The molecule has 2 heteroatoms. The molecule has 0 fully saturated rings. The van der Waals surface area contributed by atoms with Crippen LogP contribution in [-0.4, -0.2) is 20.1 Å². The van der Waals surface area contributed by atoms with Gasteiger partial charge in [-0.15, -0.1) is 0 Å². The highest BCUT2D eigenvalue weighted by Gasteiger charge is 2.07. The van der Waals surface area contributed by atoms with E-state index in [0.717, 1.165) is 19.5 Å². The van der Waals surface area contributed by atoms with E-state index in [9.17, 15) is 0 Å². The lowest BCUT2D eigenvalue weighted by Crippen LogP contribution is -2.23. The average molecular weight is 242 g/mol. The minimum Gasteiger partial charge on any atom is -0.374 e.